The van der Waals surface area contributed by atoms with Gasteiger partial charge in [0.25, 0.3) is 0 Å². The summed E-state index contributed by atoms with van der Waals surface area (Å²) in [5.41, 5.74) is -0.153. The molecule has 1 aliphatic rings. The van der Waals surface area contributed by atoms with Gasteiger partial charge in [-0.05, 0) is 33.8 Å². The molecule has 1 aromatic heterocycles. The highest BCUT2D eigenvalue weighted by Gasteiger charge is 2.52. The first-order chi connectivity index (χ1) is 9.12. The van der Waals surface area contributed by atoms with E-state index in [1.54, 1.807) is 0 Å². The van der Waals surface area contributed by atoms with Crippen LogP contribution >= 0.6 is 11.6 Å². The second-order valence-electron chi connectivity index (χ2n) is 5.88. The zero-order valence-corrected chi connectivity index (χ0v) is 12.7. The van der Waals surface area contributed by atoms with Gasteiger partial charge in [0.2, 0.25) is 6.43 Å². The SMILES string of the molecule is CC1(C)OB(c2cnc(CC(F)F)cc2Cl)OC1(C)C. The number of hydrogen-bond acceptors (Lipinski definition) is 3. The summed E-state index contributed by atoms with van der Waals surface area (Å²) in [6, 6.07) is 1.44. The summed E-state index contributed by atoms with van der Waals surface area (Å²) in [5.74, 6) is 0. The molecule has 0 atom stereocenters. The Bertz CT molecular complexity index is 495. The van der Waals surface area contributed by atoms with Crippen LogP contribution in [0.1, 0.15) is 33.4 Å². The summed E-state index contributed by atoms with van der Waals surface area (Å²) in [4.78, 5) is 4.00. The van der Waals surface area contributed by atoms with Crippen molar-refractivity contribution in [2.45, 2.75) is 51.7 Å². The summed E-state index contributed by atoms with van der Waals surface area (Å²) < 4.78 is 36.4. The van der Waals surface area contributed by atoms with Crippen LogP contribution in [0.15, 0.2) is 12.3 Å². The summed E-state index contributed by atoms with van der Waals surface area (Å²) in [5, 5.41) is 0.328. The fourth-order valence-corrected chi connectivity index (χ4v) is 2.16. The Kier molecular flexibility index (Phi) is 4.11. The predicted molar refractivity (Wildman–Crippen MR) is 74.7 cm³/mol. The molecule has 0 unspecified atom stereocenters. The normalized spacial score (nSPS) is 20.7. The van der Waals surface area contributed by atoms with Crippen molar-refractivity contribution >= 4 is 24.2 Å². The molecule has 0 aliphatic carbocycles. The molecule has 1 aliphatic heterocycles. The number of pyridine rings is 1. The quantitative estimate of drug-likeness (QED) is 0.805. The third-order valence-corrected chi connectivity index (χ3v) is 4.14. The van der Waals surface area contributed by atoms with Crippen LogP contribution in [0.25, 0.3) is 0 Å². The van der Waals surface area contributed by atoms with Gasteiger partial charge < -0.3 is 9.31 Å². The number of alkyl halides is 2. The maximum absolute atomic E-state index is 12.3. The fraction of sp³-hybridized carbons (Fsp3) is 0.615. The van der Waals surface area contributed by atoms with Gasteiger partial charge in [-0.3, -0.25) is 4.98 Å². The van der Waals surface area contributed by atoms with Gasteiger partial charge in [-0.2, -0.15) is 0 Å². The van der Waals surface area contributed by atoms with Crippen LogP contribution in [0.3, 0.4) is 0 Å². The van der Waals surface area contributed by atoms with Crippen molar-refractivity contribution in [2.75, 3.05) is 0 Å². The molecule has 0 radical (unpaired) electrons. The zero-order chi connectivity index (χ0) is 15.1. The maximum atomic E-state index is 12.3. The van der Waals surface area contributed by atoms with Crippen LogP contribution < -0.4 is 5.46 Å². The van der Waals surface area contributed by atoms with Crippen molar-refractivity contribution in [1.82, 2.24) is 4.98 Å². The van der Waals surface area contributed by atoms with E-state index < -0.39 is 31.2 Å². The number of hydrogen-bond donors (Lipinski definition) is 0. The Morgan fingerprint density at radius 3 is 2.25 bits per heavy atom. The van der Waals surface area contributed by atoms with Gasteiger partial charge in [0.05, 0.1) is 17.6 Å². The van der Waals surface area contributed by atoms with Crippen LogP contribution in [0.5, 0.6) is 0 Å². The maximum Gasteiger partial charge on any atom is 0.497 e. The van der Waals surface area contributed by atoms with Crippen molar-refractivity contribution in [3.05, 3.63) is 23.0 Å². The third-order valence-electron chi connectivity index (χ3n) is 3.81. The molecular weight excluding hydrogens is 286 g/mol. The summed E-state index contributed by atoms with van der Waals surface area (Å²) in [6.07, 6.45) is -1.41. The summed E-state index contributed by atoms with van der Waals surface area (Å²) >= 11 is 6.13. The predicted octanol–water partition coefficient (Wildman–Crippen LogP) is 2.84. The number of halogens is 3. The third kappa shape index (κ3) is 2.97. The first kappa shape index (κ1) is 15.7. The summed E-state index contributed by atoms with van der Waals surface area (Å²) in [6.45, 7) is 7.72. The van der Waals surface area contributed by atoms with E-state index in [1.165, 1.54) is 12.3 Å². The molecule has 2 heterocycles. The molecule has 1 aromatic rings. The summed E-state index contributed by atoms with van der Waals surface area (Å²) in [7, 11) is -0.638. The van der Waals surface area contributed by atoms with E-state index >= 15 is 0 Å². The van der Waals surface area contributed by atoms with E-state index in [-0.39, 0.29) is 5.69 Å². The highest BCUT2D eigenvalue weighted by Crippen LogP contribution is 2.36. The van der Waals surface area contributed by atoms with E-state index in [0.717, 1.165) is 0 Å². The molecule has 1 saturated heterocycles. The molecule has 0 saturated carbocycles. The van der Waals surface area contributed by atoms with E-state index in [0.29, 0.717) is 10.5 Å². The molecule has 20 heavy (non-hydrogen) atoms. The molecule has 0 N–H and O–H groups in total. The molecule has 1 fully saturated rings. The van der Waals surface area contributed by atoms with Crippen LogP contribution in [-0.2, 0) is 15.7 Å². The first-order valence-electron chi connectivity index (χ1n) is 6.40. The zero-order valence-electron chi connectivity index (χ0n) is 11.9. The highest BCUT2D eigenvalue weighted by atomic mass is 35.5. The van der Waals surface area contributed by atoms with Crippen molar-refractivity contribution < 1.29 is 18.1 Å². The van der Waals surface area contributed by atoms with Gasteiger partial charge in [0.15, 0.2) is 0 Å². The Morgan fingerprint density at radius 2 is 1.80 bits per heavy atom. The molecule has 0 spiro atoms. The Hall–Kier alpha value is -0.715. The molecule has 0 aromatic carbocycles. The molecule has 0 amide bonds. The van der Waals surface area contributed by atoms with E-state index in [1.807, 2.05) is 27.7 Å². The number of rotatable bonds is 3. The lowest BCUT2D eigenvalue weighted by Crippen LogP contribution is -2.41. The van der Waals surface area contributed by atoms with Gasteiger partial charge in [-0.25, -0.2) is 8.78 Å². The molecule has 2 rings (SSSR count). The fourth-order valence-electron chi connectivity index (χ4n) is 1.89. The van der Waals surface area contributed by atoms with Gasteiger partial charge in [0, 0.05) is 22.4 Å². The lowest BCUT2D eigenvalue weighted by molar-refractivity contribution is 0.00578. The standard InChI is InChI=1S/C13H17BClF2NO2/c1-12(2)13(3,4)20-14(19-12)9-7-18-8(5-10(9)15)6-11(16)17/h5,7,11H,6H2,1-4H3. The Balaban J connectivity index is 2.23. The molecule has 0 bridgehead atoms. The minimum Gasteiger partial charge on any atom is -0.399 e. The van der Waals surface area contributed by atoms with Gasteiger partial charge in [0.1, 0.15) is 0 Å². The Morgan fingerprint density at radius 1 is 1.25 bits per heavy atom. The second kappa shape index (κ2) is 5.24. The van der Waals surface area contributed by atoms with Gasteiger partial charge in [-0.15, -0.1) is 0 Å². The number of nitrogens with zero attached hydrogens (tertiary/aromatic N) is 1. The molecule has 7 heteroatoms. The first-order valence-corrected chi connectivity index (χ1v) is 6.78. The molecule has 3 nitrogen and oxygen atoms in total. The minimum absolute atomic E-state index is 0.255. The van der Waals surface area contributed by atoms with E-state index in [9.17, 15) is 8.78 Å². The lowest BCUT2D eigenvalue weighted by atomic mass is 9.80. The van der Waals surface area contributed by atoms with Crippen LogP contribution in [0.4, 0.5) is 8.78 Å². The van der Waals surface area contributed by atoms with Gasteiger partial charge in [-0.1, -0.05) is 11.6 Å². The minimum atomic E-state index is -2.44. The molecule has 110 valence electrons. The largest absolute Gasteiger partial charge is 0.497 e. The van der Waals surface area contributed by atoms with Crippen LogP contribution in [0, 0.1) is 0 Å². The van der Waals surface area contributed by atoms with E-state index in [4.69, 9.17) is 20.9 Å². The lowest BCUT2D eigenvalue weighted by Gasteiger charge is -2.32. The average molecular weight is 304 g/mol. The topological polar surface area (TPSA) is 31.4 Å². The van der Waals surface area contributed by atoms with Crippen molar-refractivity contribution in [3.8, 4) is 0 Å². The van der Waals surface area contributed by atoms with Crippen molar-refractivity contribution in [1.29, 1.82) is 0 Å². The smallest absolute Gasteiger partial charge is 0.399 e. The Labute approximate surface area is 122 Å². The monoisotopic (exact) mass is 303 g/mol. The number of aromatic nitrogens is 1. The molecular formula is C13H17BClF2NO2. The van der Waals surface area contributed by atoms with E-state index in [2.05, 4.69) is 4.98 Å². The van der Waals surface area contributed by atoms with Crippen molar-refractivity contribution in [2.24, 2.45) is 0 Å². The van der Waals surface area contributed by atoms with Gasteiger partial charge >= 0.3 is 7.12 Å². The average Bonchev–Trinajstić information content (AvgIpc) is 2.46. The second-order valence-corrected chi connectivity index (χ2v) is 6.29. The van der Waals surface area contributed by atoms with Crippen LogP contribution in [-0.4, -0.2) is 29.7 Å². The van der Waals surface area contributed by atoms with Crippen LogP contribution in [0.2, 0.25) is 5.02 Å². The highest BCUT2D eigenvalue weighted by molar-refractivity contribution is 6.65. The van der Waals surface area contributed by atoms with Crippen molar-refractivity contribution in [3.63, 3.8) is 0 Å².